The van der Waals surface area contributed by atoms with Gasteiger partial charge in [0.05, 0.1) is 0 Å². The molecule has 1 aromatic rings. The maximum Gasteiger partial charge on any atom is 0.244 e. The van der Waals surface area contributed by atoms with E-state index in [1.165, 1.54) is 19.3 Å². The number of rotatable bonds is 4. The predicted octanol–water partition coefficient (Wildman–Crippen LogP) is 3.78. The van der Waals surface area contributed by atoms with E-state index in [9.17, 15) is 9.59 Å². The first-order valence-electron chi connectivity index (χ1n) is 9.96. The van der Waals surface area contributed by atoms with Crippen molar-refractivity contribution in [1.82, 2.24) is 10.2 Å². The lowest BCUT2D eigenvalue weighted by Crippen LogP contribution is -2.48. The predicted molar refractivity (Wildman–Crippen MR) is 104 cm³/mol. The first kappa shape index (κ1) is 18.7. The first-order valence-corrected chi connectivity index (χ1v) is 9.96. The maximum absolute atomic E-state index is 12.6. The Kier molecular flexibility index (Phi) is 6.48. The minimum atomic E-state index is -0.0385. The maximum atomic E-state index is 12.6. The summed E-state index contributed by atoms with van der Waals surface area (Å²) in [7, 11) is 0. The van der Waals surface area contributed by atoms with E-state index in [1.807, 2.05) is 42.2 Å². The van der Waals surface area contributed by atoms with Crippen LogP contribution in [0.1, 0.15) is 57.4 Å². The third-order valence-electron chi connectivity index (χ3n) is 5.68. The van der Waals surface area contributed by atoms with Crippen molar-refractivity contribution < 1.29 is 9.59 Å². The van der Waals surface area contributed by atoms with Crippen molar-refractivity contribution in [2.75, 3.05) is 13.1 Å². The average molecular weight is 354 g/mol. The molecule has 0 atom stereocenters. The van der Waals surface area contributed by atoms with Crippen LogP contribution < -0.4 is 5.32 Å². The zero-order valence-corrected chi connectivity index (χ0v) is 15.7. The van der Waals surface area contributed by atoms with Crippen molar-refractivity contribution in [3.05, 3.63) is 42.0 Å². The Labute approximate surface area is 156 Å². The van der Waals surface area contributed by atoms with E-state index in [4.69, 9.17) is 0 Å². The lowest BCUT2D eigenvalue weighted by molar-refractivity contribution is -0.137. The summed E-state index contributed by atoms with van der Waals surface area (Å²) in [6.45, 7) is 3.49. The molecule has 0 radical (unpaired) electrons. The molecular formula is C22H30N2O2. The van der Waals surface area contributed by atoms with E-state index >= 15 is 0 Å². The fraction of sp³-hybridized carbons (Fsp3) is 0.545. The number of likely N-dealkylation sites (tertiary alicyclic amines) is 1. The third kappa shape index (κ3) is 4.96. The molecule has 0 spiro atoms. The molecule has 0 unspecified atom stereocenters. The lowest BCUT2D eigenvalue weighted by atomic mass is 9.87. The molecule has 4 nitrogen and oxygen atoms in total. The second-order valence-corrected chi connectivity index (χ2v) is 7.64. The van der Waals surface area contributed by atoms with Gasteiger partial charge in [-0.3, -0.25) is 9.59 Å². The highest BCUT2D eigenvalue weighted by atomic mass is 16.2. The van der Waals surface area contributed by atoms with Gasteiger partial charge in [0, 0.05) is 31.1 Å². The molecule has 1 aliphatic carbocycles. The number of nitrogens with one attached hydrogen (secondary N) is 1. The van der Waals surface area contributed by atoms with Gasteiger partial charge in [-0.25, -0.2) is 0 Å². The van der Waals surface area contributed by atoms with Crippen LogP contribution in [0.5, 0.6) is 0 Å². The molecule has 1 saturated carbocycles. The summed E-state index contributed by atoms with van der Waals surface area (Å²) >= 11 is 0. The summed E-state index contributed by atoms with van der Waals surface area (Å²) in [6.07, 6.45) is 9.14. The van der Waals surface area contributed by atoms with Crippen LogP contribution in [0.3, 0.4) is 0 Å². The number of carbonyl (C=O) groups is 2. The minimum Gasteiger partial charge on any atom is -0.350 e. The average Bonchev–Trinajstić information content (AvgIpc) is 2.69. The van der Waals surface area contributed by atoms with E-state index in [1.54, 1.807) is 6.08 Å². The Balaban J connectivity index is 1.46. The summed E-state index contributed by atoms with van der Waals surface area (Å²) in [4.78, 5) is 26.9. The monoisotopic (exact) mass is 354 g/mol. The van der Waals surface area contributed by atoms with E-state index in [0.717, 1.165) is 49.9 Å². The van der Waals surface area contributed by atoms with Gasteiger partial charge in [-0.1, -0.05) is 49.6 Å². The molecule has 1 saturated heterocycles. The Bertz CT molecular complexity index is 639. The van der Waals surface area contributed by atoms with Crippen LogP contribution in [0.25, 0.3) is 5.57 Å². The largest absolute Gasteiger partial charge is 0.350 e. The molecular weight excluding hydrogens is 324 g/mol. The summed E-state index contributed by atoms with van der Waals surface area (Å²) in [6, 6.07) is 10.1. The summed E-state index contributed by atoms with van der Waals surface area (Å²) in [5.74, 6) is 0.545. The number of nitrogens with zero attached hydrogens (tertiary/aromatic N) is 1. The first-order chi connectivity index (χ1) is 12.6. The Morgan fingerprint density at radius 3 is 2.31 bits per heavy atom. The van der Waals surface area contributed by atoms with Crippen molar-refractivity contribution in [2.45, 2.75) is 57.9 Å². The fourth-order valence-corrected chi connectivity index (χ4v) is 4.08. The number of amides is 2. The molecule has 2 aliphatic rings. The number of carbonyl (C=O) groups excluding carboxylic acids is 2. The SMILES string of the molecule is C/C(=C/C(=O)NC1CCN(C(=O)C2CCCCC2)CC1)c1ccccc1. The van der Waals surface area contributed by atoms with Gasteiger partial charge in [-0.15, -0.1) is 0 Å². The van der Waals surface area contributed by atoms with Crippen molar-refractivity contribution in [3.63, 3.8) is 0 Å². The van der Waals surface area contributed by atoms with Crippen molar-refractivity contribution in [3.8, 4) is 0 Å². The second kappa shape index (κ2) is 9.02. The molecule has 0 aromatic heterocycles. The van der Waals surface area contributed by atoms with Crippen LogP contribution in [0.2, 0.25) is 0 Å². The molecule has 1 aromatic carbocycles. The summed E-state index contributed by atoms with van der Waals surface area (Å²) in [5.41, 5.74) is 2.03. The molecule has 26 heavy (non-hydrogen) atoms. The van der Waals surface area contributed by atoms with Gasteiger partial charge >= 0.3 is 0 Å². The van der Waals surface area contributed by atoms with E-state index < -0.39 is 0 Å². The van der Waals surface area contributed by atoms with Crippen molar-refractivity contribution in [2.24, 2.45) is 5.92 Å². The lowest BCUT2D eigenvalue weighted by Gasteiger charge is -2.35. The van der Waals surface area contributed by atoms with Gasteiger partial charge in [0.1, 0.15) is 0 Å². The Morgan fingerprint density at radius 2 is 1.65 bits per heavy atom. The smallest absolute Gasteiger partial charge is 0.244 e. The van der Waals surface area contributed by atoms with Gasteiger partial charge in [0.2, 0.25) is 11.8 Å². The van der Waals surface area contributed by atoms with Gasteiger partial charge in [0.15, 0.2) is 0 Å². The van der Waals surface area contributed by atoms with Crippen LogP contribution in [-0.4, -0.2) is 35.8 Å². The van der Waals surface area contributed by atoms with Gasteiger partial charge in [-0.05, 0) is 43.7 Å². The standard InChI is InChI=1S/C22H30N2O2/c1-17(18-8-4-2-5-9-18)16-21(25)23-20-12-14-24(15-13-20)22(26)19-10-6-3-7-11-19/h2,4-5,8-9,16,19-20H,3,6-7,10-15H2,1H3,(H,23,25)/b17-16-. The zero-order valence-electron chi connectivity index (χ0n) is 15.7. The number of allylic oxidation sites excluding steroid dienone is 1. The topological polar surface area (TPSA) is 49.4 Å². The van der Waals surface area contributed by atoms with E-state index in [2.05, 4.69) is 5.32 Å². The second-order valence-electron chi connectivity index (χ2n) is 7.64. The molecule has 1 heterocycles. The van der Waals surface area contributed by atoms with E-state index in [0.29, 0.717) is 5.91 Å². The van der Waals surface area contributed by atoms with Gasteiger partial charge in [0.25, 0.3) is 0 Å². The van der Waals surface area contributed by atoms with Crippen molar-refractivity contribution >= 4 is 17.4 Å². The molecule has 140 valence electrons. The molecule has 4 heteroatoms. The quantitative estimate of drug-likeness (QED) is 0.837. The Morgan fingerprint density at radius 1 is 1.00 bits per heavy atom. The minimum absolute atomic E-state index is 0.0385. The molecule has 0 bridgehead atoms. The van der Waals surface area contributed by atoms with Crippen LogP contribution in [0.4, 0.5) is 0 Å². The molecule has 1 aliphatic heterocycles. The normalized spacial score (nSPS) is 20.0. The molecule has 2 fully saturated rings. The molecule has 3 rings (SSSR count). The van der Waals surface area contributed by atoms with Gasteiger partial charge < -0.3 is 10.2 Å². The van der Waals surface area contributed by atoms with Crippen LogP contribution in [-0.2, 0) is 9.59 Å². The highest BCUT2D eigenvalue weighted by Gasteiger charge is 2.29. The highest BCUT2D eigenvalue weighted by Crippen LogP contribution is 2.26. The third-order valence-corrected chi connectivity index (χ3v) is 5.68. The highest BCUT2D eigenvalue weighted by molar-refractivity contribution is 5.95. The van der Waals surface area contributed by atoms with Crippen LogP contribution in [0.15, 0.2) is 36.4 Å². The van der Waals surface area contributed by atoms with Crippen LogP contribution in [0, 0.1) is 5.92 Å². The fourth-order valence-electron chi connectivity index (χ4n) is 4.08. The number of hydrogen-bond donors (Lipinski definition) is 1. The molecule has 2 amide bonds. The zero-order chi connectivity index (χ0) is 18.4. The molecule has 1 N–H and O–H groups in total. The van der Waals surface area contributed by atoms with Crippen molar-refractivity contribution in [1.29, 1.82) is 0 Å². The van der Waals surface area contributed by atoms with E-state index in [-0.39, 0.29) is 17.9 Å². The van der Waals surface area contributed by atoms with Gasteiger partial charge in [-0.2, -0.15) is 0 Å². The Hall–Kier alpha value is -2.10. The number of hydrogen-bond acceptors (Lipinski definition) is 2. The number of piperidine rings is 1. The summed E-state index contributed by atoms with van der Waals surface area (Å²) in [5, 5.41) is 3.11. The summed E-state index contributed by atoms with van der Waals surface area (Å²) < 4.78 is 0. The van der Waals surface area contributed by atoms with Crippen LogP contribution >= 0.6 is 0 Å². The number of benzene rings is 1.